The minimum Gasteiger partial charge on any atom is -0.493 e. The molecule has 1 unspecified atom stereocenters. The van der Waals surface area contributed by atoms with Gasteiger partial charge in [0, 0.05) is 18.7 Å². The number of amides is 1. The van der Waals surface area contributed by atoms with Gasteiger partial charge in [0.2, 0.25) is 5.91 Å². The van der Waals surface area contributed by atoms with Crippen molar-refractivity contribution >= 4 is 17.7 Å². The molecule has 0 N–H and O–H groups in total. The molecule has 1 aliphatic heterocycles. The van der Waals surface area contributed by atoms with Crippen LogP contribution in [0.15, 0.2) is 18.2 Å². The Bertz CT molecular complexity index is 564. The Morgan fingerprint density at radius 2 is 1.92 bits per heavy atom. The normalized spacial score (nSPS) is 17.9. The Labute approximate surface area is 155 Å². The van der Waals surface area contributed by atoms with E-state index in [2.05, 4.69) is 18.7 Å². The summed E-state index contributed by atoms with van der Waals surface area (Å²) in [4.78, 5) is 16.9. The Kier molecular flexibility index (Phi) is 7.90. The first-order valence-electron chi connectivity index (χ1n) is 8.99. The molecule has 2 rings (SSSR count). The third kappa shape index (κ3) is 5.05. The zero-order valence-corrected chi connectivity index (χ0v) is 16.6. The molecular weight excluding hydrogens is 336 g/mol. The van der Waals surface area contributed by atoms with Crippen molar-refractivity contribution in [3.63, 3.8) is 0 Å². The van der Waals surface area contributed by atoms with Gasteiger partial charge in [-0.2, -0.15) is 0 Å². The summed E-state index contributed by atoms with van der Waals surface area (Å²) in [5.74, 6) is 2.54. The molecule has 0 radical (unpaired) electrons. The molecule has 0 saturated carbocycles. The molecule has 1 saturated heterocycles. The fourth-order valence-corrected chi connectivity index (χ4v) is 4.41. The van der Waals surface area contributed by atoms with E-state index < -0.39 is 0 Å². The maximum absolute atomic E-state index is 12.5. The van der Waals surface area contributed by atoms with Gasteiger partial charge in [-0.3, -0.25) is 4.79 Å². The van der Waals surface area contributed by atoms with E-state index in [1.54, 1.807) is 14.2 Å². The summed E-state index contributed by atoms with van der Waals surface area (Å²) in [7, 11) is 3.28. The average molecular weight is 367 g/mol. The van der Waals surface area contributed by atoms with Gasteiger partial charge in [-0.1, -0.05) is 19.9 Å². The number of rotatable bonds is 9. The summed E-state index contributed by atoms with van der Waals surface area (Å²) in [6, 6.07) is 5.95. The van der Waals surface area contributed by atoms with Crippen LogP contribution in [-0.4, -0.2) is 61.9 Å². The molecule has 1 amide bonds. The highest BCUT2D eigenvalue weighted by atomic mass is 32.2. The van der Waals surface area contributed by atoms with Crippen LogP contribution in [0.1, 0.15) is 37.6 Å². The highest BCUT2D eigenvalue weighted by molar-refractivity contribution is 7.99. The highest BCUT2D eigenvalue weighted by Gasteiger charge is 2.30. The number of methoxy groups -OCH3 is 2. The lowest BCUT2D eigenvalue weighted by atomic mass is 10.1. The smallest absolute Gasteiger partial charge is 0.224 e. The second-order valence-electron chi connectivity index (χ2n) is 6.06. The quantitative estimate of drug-likeness (QED) is 0.670. The number of benzene rings is 1. The Morgan fingerprint density at radius 3 is 2.56 bits per heavy atom. The second-order valence-corrected chi connectivity index (χ2v) is 7.24. The van der Waals surface area contributed by atoms with Gasteiger partial charge in [0.15, 0.2) is 11.5 Å². The lowest BCUT2D eigenvalue weighted by Crippen LogP contribution is -2.39. The summed E-state index contributed by atoms with van der Waals surface area (Å²) in [5, 5.41) is 0.0535. The molecule has 0 aromatic heterocycles. The number of hydrogen-bond acceptors (Lipinski definition) is 5. The monoisotopic (exact) mass is 366 g/mol. The molecular formula is C19H30N2O3S. The predicted octanol–water partition coefficient (Wildman–Crippen LogP) is 3.40. The zero-order chi connectivity index (χ0) is 18.2. The Balaban J connectivity index is 2.12. The molecule has 0 aliphatic carbocycles. The van der Waals surface area contributed by atoms with Crippen molar-refractivity contribution in [2.24, 2.45) is 0 Å². The summed E-state index contributed by atoms with van der Waals surface area (Å²) >= 11 is 1.83. The van der Waals surface area contributed by atoms with Crippen molar-refractivity contribution in [1.82, 2.24) is 9.80 Å². The number of thioether (sulfide) groups is 1. The fourth-order valence-electron chi connectivity index (χ4n) is 3.15. The van der Waals surface area contributed by atoms with Crippen molar-refractivity contribution in [1.29, 1.82) is 0 Å². The molecule has 1 fully saturated rings. The van der Waals surface area contributed by atoms with Crippen molar-refractivity contribution in [3.05, 3.63) is 23.8 Å². The fraction of sp³-hybridized carbons (Fsp3) is 0.632. The maximum atomic E-state index is 12.5. The Hall–Kier alpha value is -1.40. The molecule has 25 heavy (non-hydrogen) atoms. The summed E-state index contributed by atoms with van der Waals surface area (Å²) < 4.78 is 10.8. The first-order valence-corrected chi connectivity index (χ1v) is 10.0. The van der Waals surface area contributed by atoms with E-state index in [1.165, 1.54) is 0 Å². The van der Waals surface area contributed by atoms with Crippen molar-refractivity contribution in [3.8, 4) is 11.5 Å². The molecule has 5 nitrogen and oxygen atoms in total. The Morgan fingerprint density at radius 1 is 1.20 bits per heavy atom. The first kappa shape index (κ1) is 19.9. The van der Waals surface area contributed by atoms with E-state index in [-0.39, 0.29) is 11.3 Å². The third-order valence-electron chi connectivity index (χ3n) is 4.66. The molecule has 1 aromatic carbocycles. The van der Waals surface area contributed by atoms with Gasteiger partial charge in [0.05, 0.1) is 14.2 Å². The number of carbonyl (C=O) groups excluding carboxylic acids is 1. The SMILES string of the molecule is CCN(CC)CCCN1C(=O)CCSC1c1ccc(OC)c(OC)c1. The van der Waals surface area contributed by atoms with Crippen LogP contribution in [0.5, 0.6) is 11.5 Å². The highest BCUT2D eigenvalue weighted by Crippen LogP contribution is 2.40. The van der Waals surface area contributed by atoms with Crippen LogP contribution in [-0.2, 0) is 4.79 Å². The van der Waals surface area contributed by atoms with E-state index in [4.69, 9.17) is 9.47 Å². The first-order chi connectivity index (χ1) is 12.1. The van der Waals surface area contributed by atoms with Crippen LogP contribution < -0.4 is 9.47 Å². The summed E-state index contributed by atoms with van der Waals surface area (Å²) in [6.45, 7) is 8.29. The van der Waals surface area contributed by atoms with E-state index in [1.807, 2.05) is 34.9 Å². The van der Waals surface area contributed by atoms with E-state index in [0.717, 1.165) is 43.9 Å². The number of nitrogens with zero attached hydrogens (tertiary/aromatic N) is 2. The van der Waals surface area contributed by atoms with Gasteiger partial charge < -0.3 is 19.3 Å². The molecule has 1 aromatic rings. The topological polar surface area (TPSA) is 42.0 Å². The van der Waals surface area contributed by atoms with Crippen molar-refractivity contribution in [2.75, 3.05) is 46.2 Å². The standard InChI is InChI=1S/C19H30N2O3S/c1-5-20(6-2)11-7-12-21-18(22)10-13-25-19(21)15-8-9-16(23-3)17(14-15)24-4/h8-9,14,19H,5-7,10-13H2,1-4H3. The van der Waals surface area contributed by atoms with Crippen LogP contribution >= 0.6 is 11.8 Å². The second kappa shape index (κ2) is 9.92. The van der Waals surface area contributed by atoms with Crippen molar-refractivity contribution in [2.45, 2.75) is 32.1 Å². The van der Waals surface area contributed by atoms with Gasteiger partial charge in [0.25, 0.3) is 0 Å². The zero-order valence-electron chi connectivity index (χ0n) is 15.8. The third-order valence-corrected chi connectivity index (χ3v) is 5.94. The van der Waals surface area contributed by atoms with Gasteiger partial charge in [-0.25, -0.2) is 0 Å². The lowest BCUT2D eigenvalue weighted by molar-refractivity contribution is -0.132. The van der Waals surface area contributed by atoms with Gasteiger partial charge in [-0.15, -0.1) is 11.8 Å². The van der Waals surface area contributed by atoms with Crippen molar-refractivity contribution < 1.29 is 14.3 Å². The number of carbonyl (C=O) groups is 1. The molecule has 1 aliphatic rings. The van der Waals surface area contributed by atoms with Gasteiger partial charge in [-0.05, 0) is 43.8 Å². The van der Waals surface area contributed by atoms with Crippen LogP contribution in [0.2, 0.25) is 0 Å². The molecule has 6 heteroatoms. The average Bonchev–Trinajstić information content (AvgIpc) is 2.65. The molecule has 1 heterocycles. The summed E-state index contributed by atoms with van der Waals surface area (Å²) in [5.41, 5.74) is 1.10. The molecule has 1 atom stereocenters. The molecule has 0 spiro atoms. The predicted molar refractivity (Wildman–Crippen MR) is 103 cm³/mol. The van der Waals surface area contributed by atoms with Gasteiger partial charge in [0.1, 0.15) is 5.37 Å². The lowest BCUT2D eigenvalue weighted by Gasteiger charge is -2.36. The van der Waals surface area contributed by atoms with E-state index in [9.17, 15) is 4.79 Å². The minimum atomic E-state index is 0.0535. The minimum absolute atomic E-state index is 0.0535. The van der Waals surface area contributed by atoms with E-state index in [0.29, 0.717) is 17.9 Å². The molecule has 0 bridgehead atoms. The summed E-state index contributed by atoms with van der Waals surface area (Å²) in [6.07, 6.45) is 1.62. The van der Waals surface area contributed by atoms with Crippen LogP contribution in [0.25, 0.3) is 0 Å². The van der Waals surface area contributed by atoms with Gasteiger partial charge >= 0.3 is 0 Å². The largest absolute Gasteiger partial charge is 0.493 e. The maximum Gasteiger partial charge on any atom is 0.224 e. The van der Waals surface area contributed by atoms with Crippen LogP contribution in [0.3, 0.4) is 0 Å². The van der Waals surface area contributed by atoms with Crippen LogP contribution in [0, 0.1) is 0 Å². The molecule has 140 valence electrons. The number of ether oxygens (including phenoxy) is 2. The van der Waals surface area contributed by atoms with Crippen LogP contribution in [0.4, 0.5) is 0 Å². The van der Waals surface area contributed by atoms with E-state index >= 15 is 0 Å². The number of hydrogen-bond donors (Lipinski definition) is 0.